The molecule has 0 spiro atoms. The largest absolute Gasteiger partial charge is 0.497 e. The van der Waals surface area contributed by atoms with Crippen molar-refractivity contribution in [2.24, 2.45) is 5.92 Å². The molecule has 6 heteroatoms. The van der Waals surface area contributed by atoms with E-state index in [4.69, 9.17) is 4.74 Å². The van der Waals surface area contributed by atoms with Crippen LogP contribution in [-0.2, 0) is 9.59 Å². The third kappa shape index (κ3) is 4.56. The second kappa shape index (κ2) is 9.13. The Hall–Kier alpha value is -2.21. The molecular formula is C21H30N2O4. The molecule has 1 aromatic carbocycles. The van der Waals surface area contributed by atoms with Crippen molar-refractivity contribution in [3.8, 4) is 5.75 Å². The van der Waals surface area contributed by atoms with Gasteiger partial charge in [-0.3, -0.25) is 24.2 Å². The molecule has 0 bridgehead atoms. The van der Waals surface area contributed by atoms with Crippen LogP contribution >= 0.6 is 0 Å². The van der Waals surface area contributed by atoms with E-state index in [9.17, 15) is 14.4 Å². The van der Waals surface area contributed by atoms with Crippen molar-refractivity contribution in [1.82, 2.24) is 9.80 Å². The van der Waals surface area contributed by atoms with Gasteiger partial charge in [0.05, 0.1) is 13.7 Å². The van der Waals surface area contributed by atoms with E-state index in [-0.39, 0.29) is 24.2 Å². The van der Waals surface area contributed by atoms with Gasteiger partial charge in [-0.2, -0.15) is 0 Å². The first-order valence-corrected chi connectivity index (χ1v) is 9.45. The second-order valence-corrected chi connectivity index (χ2v) is 7.57. The Morgan fingerprint density at radius 2 is 1.89 bits per heavy atom. The van der Waals surface area contributed by atoms with Crippen LogP contribution in [0.1, 0.15) is 49.4 Å². The number of carbonyl (C=O) groups is 3. The standard InChI is InChI=1S/C21H30N2O4/c1-21(22(2)3,17-10-6-5-7-11-17)20(26)23(15-24)14-19(25)16-9-8-12-18(13-16)27-4/h8-9,12-13,15,17H,5-7,10-11,14H2,1-4H3. The molecule has 1 aliphatic carbocycles. The fourth-order valence-corrected chi connectivity index (χ4v) is 3.89. The maximum atomic E-state index is 13.3. The molecule has 0 radical (unpaired) electrons. The number of carbonyl (C=O) groups excluding carboxylic acids is 3. The summed E-state index contributed by atoms with van der Waals surface area (Å²) in [6.45, 7) is 1.61. The Bertz CT molecular complexity index is 683. The van der Waals surface area contributed by atoms with E-state index >= 15 is 0 Å². The van der Waals surface area contributed by atoms with Gasteiger partial charge in [0.15, 0.2) is 5.78 Å². The highest BCUT2D eigenvalue weighted by Gasteiger charge is 2.46. The number of amides is 2. The minimum Gasteiger partial charge on any atom is -0.497 e. The van der Waals surface area contributed by atoms with Crippen LogP contribution in [0.2, 0.25) is 0 Å². The zero-order chi connectivity index (χ0) is 20.0. The normalized spacial score (nSPS) is 17.2. The van der Waals surface area contributed by atoms with Crippen LogP contribution in [0, 0.1) is 5.92 Å². The molecule has 1 unspecified atom stereocenters. The van der Waals surface area contributed by atoms with Crippen LogP contribution in [0.3, 0.4) is 0 Å². The monoisotopic (exact) mass is 374 g/mol. The molecule has 2 amide bonds. The number of benzene rings is 1. The molecule has 1 aliphatic rings. The lowest BCUT2D eigenvalue weighted by Gasteiger charge is -2.44. The summed E-state index contributed by atoms with van der Waals surface area (Å²) < 4.78 is 5.14. The van der Waals surface area contributed by atoms with Crippen molar-refractivity contribution in [3.63, 3.8) is 0 Å². The summed E-state index contributed by atoms with van der Waals surface area (Å²) in [6, 6.07) is 6.73. The fourth-order valence-electron chi connectivity index (χ4n) is 3.89. The average molecular weight is 374 g/mol. The Morgan fingerprint density at radius 3 is 2.44 bits per heavy atom. The van der Waals surface area contributed by atoms with E-state index in [1.807, 2.05) is 25.9 Å². The Morgan fingerprint density at radius 1 is 1.22 bits per heavy atom. The summed E-state index contributed by atoms with van der Waals surface area (Å²) in [5.74, 6) is 0.123. The summed E-state index contributed by atoms with van der Waals surface area (Å²) in [5.41, 5.74) is -0.395. The van der Waals surface area contributed by atoms with Crippen molar-refractivity contribution in [1.29, 1.82) is 0 Å². The van der Waals surface area contributed by atoms with Gasteiger partial charge in [0, 0.05) is 5.56 Å². The number of hydrogen-bond acceptors (Lipinski definition) is 5. The summed E-state index contributed by atoms with van der Waals surface area (Å²) in [6.07, 6.45) is 5.75. The van der Waals surface area contributed by atoms with Crippen molar-refractivity contribution in [3.05, 3.63) is 29.8 Å². The number of methoxy groups -OCH3 is 1. The molecule has 0 saturated heterocycles. The van der Waals surface area contributed by atoms with Gasteiger partial charge in [0.2, 0.25) is 12.3 Å². The number of imide groups is 1. The molecule has 1 saturated carbocycles. The number of nitrogens with zero attached hydrogens (tertiary/aromatic N) is 2. The maximum absolute atomic E-state index is 13.3. The number of Topliss-reactive ketones (excluding diaryl/α,β-unsaturated/α-hetero) is 1. The molecule has 148 valence electrons. The number of ketones is 1. The van der Waals surface area contributed by atoms with Crippen molar-refractivity contribution in [2.45, 2.75) is 44.6 Å². The van der Waals surface area contributed by atoms with Crippen LogP contribution in [0.25, 0.3) is 0 Å². The van der Waals surface area contributed by atoms with Crippen LogP contribution in [0.4, 0.5) is 0 Å². The number of rotatable bonds is 8. The predicted molar refractivity (Wildman–Crippen MR) is 104 cm³/mol. The first-order chi connectivity index (χ1) is 12.8. The molecule has 27 heavy (non-hydrogen) atoms. The second-order valence-electron chi connectivity index (χ2n) is 7.57. The van der Waals surface area contributed by atoms with E-state index in [1.165, 1.54) is 13.5 Å². The lowest BCUT2D eigenvalue weighted by Crippen LogP contribution is -2.60. The highest BCUT2D eigenvalue weighted by Crippen LogP contribution is 2.36. The van der Waals surface area contributed by atoms with Crippen molar-refractivity contribution >= 4 is 18.1 Å². The smallest absolute Gasteiger partial charge is 0.249 e. The van der Waals surface area contributed by atoms with Gasteiger partial charge in [0.1, 0.15) is 11.3 Å². The summed E-state index contributed by atoms with van der Waals surface area (Å²) in [4.78, 5) is 40.5. The van der Waals surface area contributed by atoms with Gasteiger partial charge in [-0.25, -0.2) is 0 Å². The third-order valence-corrected chi connectivity index (χ3v) is 5.86. The molecule has 1 atom stereocenters. The van der Waals surface area contributed by atoms with E-state index in [0.29, 0.717) is 17.7 Å². The van der Waals surface area contributed by atoms with Gasteiger partial charge in [0.25, 0.3) is 0 Å². The van der Waals surface area contributed by atoms with Gasteiger partial charge in [-0.05, 0) is 51.9 Å². The predicted octanol–water partition coefficient (Wildman–Crippen LogP) is 2.76. The molecule has 0 N–H and O–H groups in total. The van der Waals surface area contributed by atoms with E-state index in [0.717, 1.165) is 30.6 Å². The van der Waals surface area contributed by atoms with Crippen molar-refractivity contribution < 1.29 is 19.1 Å². The van der Waals surface area contributed by atoms with Gasteiger partial charge >= 0.3 is 0 Å². The van der Waals surface area contributed by atoms with Gasteiger partial charge in [-0.1, -0.05) is 31.4 Å². The lowest BCUT2D eigenvalue weighted by atomic mass is 9.74. The van der Waals surface area contributed by atoms with Crippen LogP contribution in [-0.4, -0.2) is 61.2 Å². The Labute approximate surface area is 161 Å². The summed E-state index contributed by atoms with van der Waals surface area (Å²) in [7, 11) is 5.25. The van der Waals surface area contributed by atoms with E-state index in [2.05, 4.69) is 0 Å². The SMILES string of the molecule is COc1cccc(C(=O)CN(C=O)C(=O)C(C)(C2CCCCC2)N(C)C)c1. The highest BCUT2D eigenvalue weighted by molar-refractivity contribution is 6.03. The number of ether oxygens (including phenoxy) is 1. The van der Waals surface area contributed by atoms with Crippen molar-refractivity contribution in [2.75, 3.05) is 27.7 Å². The zero-order valence-electron chi connectivity index (χ0n) is 16.7. The number of hydrogen-bond donors (Lipinski definition) is 0. The summed E-state index contributed by atoms with van der Waals surface area (Å²) >= 11 is 0. The van der Waals surface area contributed by atoms with E-state index < -0.39 is 5.54 Å². The molecule has 0 heterocycles. The van der Waals surface area contributed by atoms with Gasteiger partial charge in [-0.15, -0.1) is 0 Å². The molecule has 0 aromatic heterocycles. The molecule has 0 aliphatic heterocycles. The first kappa shape index (κ1) is 21.1. The third-order valence-electron chi connectivity index (χ3n) is 5.86. The molecule has 1 aromatic rings. The molecule has 1 fully saturated rings. The average Bonchev–Trinajstić information content (AvgIpc) is 2.71. The Balaban J connectivity index is 2.21. The molecule has 2 rings (SSSR count). The van der Waals surface area contributed by atoms with Crippen LogP contribution < -0.4 is 4.74 Å². The molecule has 6 nitrogen and oxygen atoms in total. The van der Waals surface area contributed by atoms with Gasteiger partial charge < -0.3 is 4.74 Å². The fraction of sp³-hybridized carbons (Fsp3) is 0.571. The zero-order valence-corrected chi connectivity index (χ0v) is 16.7. The topological polar surface area (TPSA) is 66.9 Å². The minimum absolute atomic E-state index is 0.170. The lowest BCUT2D eigenvalue weighted by molar-refractivity contribution is -0.149. The Kier molecular flexibility index (Phi) is 7.13. The summed E-state index contributed by atoms with van der Waals surface area (Å²) in [5, 5.41) is 0. The quantitative estimate of drug-likeness (QED) is 0.517. The van der Waals surface area contributed by atoms with E-state index in [1.54, 1.807) is 24.3 Å². The van der Waals surface area contributed by atoms with Crippen LogP contribution in [0.5, 0.6) is 5.75 Å². The highest BCUT2D eigenvalue weighted by atomic mass is 16.5. The minimum atomic E-state index is -0.810. The molecular weight excluding hydrogens is 344 g/mol. The number of likely N-dealkylation sites (N-methyl/N-ethyl adjacent to an activating group) is 1. The maximum Gasteiger partial charge on any atom is 0.249 e. The first-order valence-electron chi connectivity index (χ1n) is 9.45. The van der Waals surface area contributed by atoms with Crippen LogP contribution in [0.15, 0.2) is 24.3 Å².